The van der Waals surface area contributed by atoms with Gasteiger partial charge in [-0.1, -0.05) is 0 Å². The lowest BCUT2D eigenvalue weighted by atomic mass is 10.1. The normalized spacial score (nSPS) is 16.8. The molecule has 1 aromatic rings. The molecule has 0 atom stereocenters. The van der Waals surface area contributed by atoms with Gasteiger partial charge >= 0.3 is 0 Å². The molecule has 17 heavy (non-hydrogen) atoms. The first-order chi connectivity index (χ1) is 8.31. The first kappa shape index (κ1) is 12.6. The number of hydrogen-bond donors (Lipinski definition) is 2. The van der Waals surface area contributed by atoms with Gasteiger partial charge in [0.25, 0.3) is 0 Å². The highest BCUT2D eigenvalue weighted by atomic mass is 79.9. The number of ether oxygens (including phenoxy) is 1. The Labute approximate surface area is 110 Å². The van der Waals surface area contributed by atoms with Crippen molar-refractivity contribution in [2.75, 3.05) is 30.4 Å². The van der Waals surface area contributed by atoms with Gasteiger partial charge in [-0.15, -0.1) is 0 Å². The number of anilines is 2. The highest BCUT2D eigenvalue weighted by Gasteiger charge is 2.16. The van der Waals surface area contributed by atoms with Gasteiger partial charge in [0.1, 0.15) is 22.4 Å². The maximum Gasteiger partial charge on any atom is 0.146 e. The lowest BCUT2D eigenvalue weighted by Crippen LogP contribution is -2.28. The summed E-state index contributed by atoms with van der Waals surface area (Å²) in [6.07, 6.45) is 3.62. The molecule has 0 bridgehead atoms. The summed E-state index contributed by atoms with van der Waals surface area (Å²) in [5, 5.41) is 6.62. The maximum absolute atomic E-state index is 5.33. The highest BCUT2D eigenvalue weighted by molar-refractivity contribution is 9.10. The van der Waals surface area contributed by atoms with Crippen LogP contribution in [0.2, 0.25) is 0 Å². The fraction of sp³-hybridized carbons (Fsp3) is 0.636. The van der Waals surface area contributed by atoms with E-state index in [1.807, 2.05) is 6.92 Å². The summed E-state index contributed by atoms with van der Waals surface area (Å²) < 4.78 is 6.23. The molecule has 0 spiro atoms. The molecule has 0 radical (unpaired) electrons. The maximum atomic E-state index is 5.33. The van der Waals surface area contributed by atoms with Crippen LogP contribution in [0.4, 0.5) is 11.6 Å². The van der Waals surface area contributed by atoms with Crippen LogP contribution in [0.3, 0.4) is 0 Å². The third kappa shape index (κ3) is 3.29. The average molecular weight is 301 g/mol. The molecule has 0 saturated carbocycles. The molecular formula is C11H17BrN4O. The molecule has 1 aliphatic rings. The van der Waals surface area contributed by atoms with Crippen LogP contribution in [-0.4, -0.2) is 35.8 Å². The molecule has 2 N–H and O–H groups in total. The molecule has 1 aromatic heterocycles. The van der Waals surface area contributed by atoms with Crippen molar-refractivity contribution in [3.05, 3.63) is 10.8 Å². The van der Waals surface area contributed by atoms with Gasteiger partial charge in [0.15, 0.2) is 0 Å². The zero-order valence-corrected chi connectivity index (χ0v) is 11.5. The minimum absolute atomic E-state index is 0.435. The lowest BCUT2D eigenvalue weighted by Gasteiger charge is -2.24. The summed E-state index contributed by atoms with van der Waals surface area (Å²) in [5.74, 6) is 1.68. The number of nitrogens with one attached hydrogen (secondary N) is 2. The van der Waals surface area contributed by atoms with E-state index in [2.05, 4.69) is 36.5 Å². The standard InChI is InChI=1S/C11H17BrN4O/c1-2-13-10-9(12)11(15-7-14-10)16-8-3-5-17-6-4-8/h7-8H,2-6H2,1H3,(H2,13,14,15,16). The quantitative estimate of drug-likeness (QED) is 0.893. The second-order valence-electron chi connectivity index (χ2n) is 3.95. The van der Waals surface area contributed by atoms with E-state index in [-0.39, 0.29) is 0 Å². The zero-order valence-electron chi connectivity index (χ0n) is 9.87. The van der Waals surface area contributed by atoms with Gasteiger partial charge in [-0.3, -0.25) is 0 Å². The summed E-state index contributed by atoms with van der Waals surface area (Å²) in [6, 6.07) is 0.435. The van der Waals surface area contributed by atoms with Crippen molar-refractivity contribution in [3.63, 3.8) is 0 Å². The minimum atomic E-state index is 0.435. The van der Waals surface area contributed by atoms with Crippen LogP contribution in [0.5, 0.6) is 0 Å². The van der Waals surface area contributed by atoms with E-state index in [1.54, 1.807) is 6.33 Å². The molecule has 0 amide bonds. The number of halogens is 1. The van der Waals surface area contributed by atoms with Crippen LogP contribution >= 0.6 is 15.9 Å². The molecule has 2 rings (SSSR count). The number of nitrogens with zero attached hydrogens (tertiary/aromatic N) is 2. The molecule has 1 fully saturated rings. The second kappa shape index (κ2) is 6.16. The van der Waals surface area contributed by atoms with E-state index in [0.717, 1.165) is 48.7 Å². The summed E-state index contributed by atoms with van der Waals surface area (Å²) >= 11 is 3.53. The Morgan fingerprint density at radius 3 is 2.76 bits per heavy atom. The van der Waals surface area contributed by atoms with E-state index in [4.69, 9.17) is 4.74 Å². The van der Waals surface area contributed by atoms with Gasteiger partial charge in [0.2, 0.25) is 0 Å². The van der Waals surface area contributed by atoms with E-state index in [0.29, 0.717) is 6.04 Å². The lowest BCUT2D eigenvalue weighted by molar-refractivity contribution is 0.0904. The number of rotatable bonds is 4. The van der Waals surface area contributed by atoms with Gasteiger partial charge in [0.05, 0.1) is 0 Å². The van der Waals surface area contributed by atoms with Gasteiger partial charge < -0.3 is 15.4 Å². The summed E-state index contributed by atoms with van der Waals surface area (Å²) in [5.41, 5.74) is 0. The predicted molar refractivity (Wildman–Crippen MR) is 71.4 cm³/mol. The molecule has 0 aliphatic carbocycles. The molecule has 6 heteroatoms. The van der Waals surface area contributed by atoms with Crippen molar-refractivity contribution in [3.8, 4) is 0 Å². The molecular weight excluding hydrogens is 284 g/mol. The van der Waals surface area contributed by atoms with Crippen LogP contribution in [-0.2, 0) is 4.74 Å². The fourth-order valence-electron chi connectivity index (χ4n) is 1.80. The Morgan fingerprint density at radius 1 is 1.35 bits per heavy atom. The van der Waals surface area contributed by atoms with Crippen LogP contribution < -0.4 is 10.6 Å². The van der Waals surface area contributed by atoms with Gasteiger partial charge in [-0.05, 0) is 35.7 Å². The van der Waals surface area contributed by atoms with Crippen LogP contribution in [0, 0.1) is 0 Å². The van der Waals surface area contributed by atoms with Crippen LogP contribution in [0.25, 0.3) is 0 Å². The third-order valence-electron chi connectivity index (χ3n) is 2.70. The van der Waals surface area contributed by atoms with Crippen molar-refractivity contribution >= 4 is 27.6 Å². The molecule has 94 valence electrons. The first-order valence-electron chi connectivity index (χ1n) is 5.90. The Balaban J connectivity index is 2.06. The third-order valence-corrected chi connectivity index (χ3v) is 3.45. The first-order valence-corrected chi connectivity index (χ1v) is 6.69. The Bertz CT molecular complexity index is 368. The van der Waals surface area contributed by atoms with Gasteiger partial charge in [0, 0.05) is 25.8 Å². The zero-order chi connectivity index (χ0) is 12.1. The summed E-state index contributed by atoms with van der Waals surface area (Å²) in [7, 11) is 0. The number of hydrogen-bond acceptors (Lipinski definition) is 5. The molecule has 2 heterocycles. The van der Waals surface area contributed by atoms with Crippen molar-refractivity contribution < 1.29 is 4.74 Å². The monoisotopic (exact) mass is 300 g/mol. The molecule has 0 aromatic carbocycles. The molecule has 1 saturated heterocycles. The van der Waals surface area contributed by atoms with Crippen molar-refractivity contribution in [2.45, 2.75) is 25.8 Å². The smallest absolute Gasteiger partial charge is 0.146 e. The predicted octanol–water partition coefficient (Wildman–Crippen LogP) is 2.26. The molecule has 0 unspecified atom stereocenters. The van der Waals surface area contributed by atoms with Gasteiger partial charge in [-0.2, -0.15) is 0 Å². The SMILES string of the molecule is CCNc1ncnc(NC2CCOCC2)c1Br. The van der Waals surface area contributed by atoms with Gasteiger partial charge in [-0.25, -0.2) is 9.97 Å². The average Bonchev–Trinajstić information content (AvgIpc) is 2.36. The fourth-order valence-corrected chi connectivity index (χ4v) is 2.26. The van der Waals surface area contributed by atoms with E-state index in [1.165, 1.54) is 0 Å². The van der Waals surface area contributed by atoms with Crippen LogP contribution in [0.15, 0.2) is 10.8 Å². The highest BCUT2D eigenvalue weighted by Crippen LogP contribution is 2.27. The van der Waals surface area contributed by atoms with Crippen molar-refractivity contribution in [1.29, 1.82) is 0 Å². The Hall–Kier alpha value is -0.880. The van der Waals surface area contributed by atoms with Crippen LogP contribution in [0.1, 0.15) is 19.8 Å². The van der Waals surface area contributed by atoms with E-state index >= 15 is 0 Å². The van der Waals surface area contributed by atoms with E-state index < -0.39 is 0 Å². The Morgan fingerprint density at radius 2 is 2.06 bits per heavy atom. The second-order valence-corrected chi connectivity index (χ2v) is 4.74. The topological polar surface area (TPSA) is 59.1 Å². The molecule has 1 aliphatic heterocycles. The van der Waals surface area contributed by atoms with Crippen molar-refractivity contribution in [1.82, 2.24) is 9.97 Å². The Kier molecular flexibility index (Phi) is 4.56. The molecule has 5 nitrogen and oxygen atoms in total. The van der Waals surface area contributed by atoms with Crippen molar-refractivity contribution in [2.24, 2.45) is 0 Å². The summed E-state index contributed by atoms with van der Waals surface area (Å²) in [6.45, 7) is 4.52. The summed E-state index contributed by atoms with van der Waals surface area (Å²) in [4.78, 5) is 8.45. The minimum Gasteiger partial charge on any atom is -0.381 e. The van der Waals surface area contributed by atoms with E-state index in [9.17, 15) is 0 Å². The number of aromatic nitrogens is 2. The largest absolute Gasteiger partial charge is 0.381 e.